The zero-order chi connectivity index (χ0) is 20.7. The van der Waals surface area contributed by atoms with Gasteiger partial charge < -0.3 is 5.32 Å². The molecule has 1 heterocycles. The topological polar surface area (TPSA) is 79.4 Å². The van der Waals surface area contributed by atoms with E-state index in [1.54, 1.807) is 25.2 Å². The smallest absolute Gasteiger partial charge is 0.251 e. The summed E-state index contributed by atoms with van der Waals surface area (Å²) in [5.41, 5.74) is 1.32. The van der Waals surface area contributed by atoms with E-state index in [4.69, 9.17) is 11.6 Å². The van der Waals surface area contributed by atoms with Gasteiger partial charge in [0, 0.05) is 36.3 Å². The lowest BCUT2D eigenvalue weighted by atomic mass is 10.2. The van der Waals surface area contributed by atoms with Crippen molar-refractivity contribution in [2.75, 3.05) is 19.6 Å². The summed E-state index contributed by atoms with van der Waals surface area (Å²) in [6.07, 6.45) is 2.64. The first-order valence-corrected chi connectivity index (χ1v) is 12.0. The van der Waals surface area contributed by atoms with Gasteiger partial charge >= 0.3 is 0 Å². The second-order valence-corrected chi connectivity index (χ2v) is 9.59. The maximum absolute atomic E-state index is 12.7. The number of unbranched alkanes of at least 4 members (excludes halogenated alkanes) is 1. The van der Waals surface area contributed by atoms with E-state index in [2.05, 4.69) is 10.3 Å². The van der Waals surface area contributed by atoms with Crippen molar-refractivity contribution in [3.8, 4) is 0 Å². The molecule has 0 unspecified atom stereocenters. The van der Waals surface area contributed by atoms with Crippen LogP contribution in [0.2, 0.25) is 5.02 Å². The Morgan fingerprint density at radius 1 is 1.25 bits per heavy atom. The first kappa shape index (κ1) is 22.8. The highest BCUT2D eigenvalue weighted by Crippen LogP contribution is 2.26. The number of benzene rings is 1. The lowest BCUT2D eigenvalue weighted by molar-refractivity contribution is 0.0953. The van der Waals surface area contributed by atoms with Crippen LogP contribution in [0.3, 0.4) is 0 Å². The Morgan fingerprint density at radius 2 is 1.96 bits per heavy atom. The summed E-state index contributed by atoms with van der Waals surface area (Å²) in [5, 5.41) is 6.09. The van der Waals surface area contributed by atoms with Gasteiger partial charge in [-0.2, -0.15) is 4.31 Å². The van der Waals surface area contributed by atoms with Gasteiger partial charge in [0.1, 0.15) is 4.90 Å². The number of amides is 1. The lowest BCUT2D eigenvalue weighted by Crippen LogP contribution is -2.31. The SMILES string of the molecule is CCN(CC)S(=O)(=O)c1cc(C(=O)NCCCCc2nc(C)cs2)ccc1Cl. The van der Waals surface area contributed by atoms with Gasteiger partial charge in [-0.05, 0) is 44.4 Å². The van der Waals surface area contributed by atoms with E-state index < -0.39 is 10.0 Å². The van der Waals surface area contributed by atoms with Gasteiger partial charge in [-0.25, -0.2) is 13.4 Å². The third-order valence-electron chi connectivity index (χ3n) is 4.29. The van der Waals surface area contributed by atoms with Crippen LogP contribution in [0.15, 0.2) is 28.5 Å². The maximum Gasteiger partial charge on any atom is 0.251 e. The quantitative estimate of drug-likeness (QED) is 0.565. The van der Waals surface area contributed by atoms with Crippen molar-refractivity contribution in [3.05, 3.63) is 44.9 Å². The standard InChI is InChI=1S/C19H26ClN3O3S2/c1-4-23(5-2)28(25,26)17-12-15(9-10-16(17)20)19(24)21-11-7-6-8-18-22-14(3)13-27-18/h9-10,12-13H,4-8,11H2,1-3H3,(H,21,24). The molecule has 0 spiro atoms. The normalized spacial score (nSPS) is 11.8. The van der Waals surface area contributed by atoms with Gasteiger partial charge in [0.2, 0.25) is 10.0 Å². The molecule has 2 rings (SSSR count). The first-order chi connectivity index (χ1) is 13.3. The van der Waals surface area contributed by atoms with Crippen LogP contribution < -0.4 is 5.32 Å². The monoisotopic (exact) mass is 443 g/mol. The number of thiazole rings is 1. The molecule has 0 radical (unpaired) electrons. The van der Waals surface area contributed by atoms with Gasteiger partial charge in [0.05, 0.1) is 10.0 Å². The van der Waals surface area contributed by atoms with E-state index in [0.717, 1.165) is 30.0 Å². The van der Waals surface area contributed by atoms with Crippen molar-refractivity contribution in [1.29, 1.82) is 0 Å². The van der Waals surface area contributed by atoms with Gasteiger partial charge in [-0.15, -0.1) is 11.3 Å². The van der Waals surface area contributed by atoms with E-state index in [1.807, 2.05) is 12.3 Å². The molecule has 0 aliphatic heterocycles. The summed E-state index contributed by atoms with van der Waals surface area (Å²) in [5.74, 6) is -0.308. The number of sulfonamides is 1. The van der Waals surface area contributed by atoms with Crippen LogP contribution in [0.1, 0.15) is 47.7 Å². The second-order valence-electron chi connectivity index (χ2n) is 6.33. The zero-order valence-electron chi connectivity index (χ0n) is 16.4. The number of aromatic nitrogens is 1. The average Bonchev–Trinajstić information content (AvgIpc) is 3.07. The van der Waals surface area contributed by atoms with Crippen LogP contribution in [-0.2, 0) is 16.4 Å². The molecule has 1 amide bonds. The third-order valence-corrected chi connectivity index (χ3v) is 7.84. The summed E-state index contributed by atoms with van der Waals surface area (Å²) >= 11 is 7.76. The highest BCUT2D eigenvalue weighted by molar-refractivity contribution is 7.89. The Bertz CT molecular complexity index is 909. The Morgan fingerprint density at radius 3 is 2.57 bits per heavy atom. The highest BCUT2D eigenvalue weighted by Gasteiger charge is 2.25. The molecular formula is C19H26ClN3O3S2. The van der Waals surface area contributed by atoms with E-state index in [0.29, 0.717) is 19.6 Å². The first-order valence-electron chi connectivity index (χ1n) is 9.28. The number of hydrogen-bond acceptors (Lipinski definition) is 5. The third kappa shape index (κ3) is 5.76. The van der Waals surface area contributed by atoms with Crippen LogP contribution in [0, 0.1) is 6.92 Å². The van der Waals surface area contributed by atoms with Crippen molar-refractivity contribution in [2.24, 2.45) is 0 Å². The Hall–Kier alpha value is -1.48. The molecular weight excluding hydrogens is 418 g/mol. The predicted octanol–water partition coefficient (Wildman–Crippen LogP) is 3.89. The minimum Gasteiger partial charge on any atom is -0.352 e. The molecule has 1 aromatic heterocycles. The zero-order valence-corrected chi connectivity index (χ0v) is 18.8. The molecule has 0 saturated carbocycles. The summed E-state index contributed by atoms with van der Waals surface area (Å²) in [6.45, 7) is 6.69. The van der Waals surface area contributed by atoms with Crippen molar-refractivity contribution < 1.29 is 13.2 Å². The summed E-state index contributed by atoms with van der Waals surface area (Å²) in [6, 6.07) is 4.35. The lowest BCUT2D eigenvalue weighted by Gasteiger charge is -2.19. The van der Waals surface area contributed by atoms with Gasteiger partial charge in [-0.1, -0.05) is 25.4 Å². The van der Waals surface area contributed by atoms with Crippen molar-refractivity contribution in [2.45, 2.75) is 44.9 Å². The molecule has 1 N–H and O–H groups in total. The average molecular weight is 444 g/mol. The Balaban J connectivity index is 1.96. The number of hydrogen-bond donors (Lipinski definition) is 1. The van der Waals surface area contributed by atoms with Crippen LogP contribution in [0.5, 0.6) is 0 Å². The maximum atomic E-state index is 12.7. The van der Waals surface area contributed by atoms with Crippen LogP contribution >= 0.6 is 22.9 Å². The fourth-order valence-electron chi connectivity index (χ4n) is 2.77. The molecule has 9 heteroatoms. The number of aryl methyl sites for hydroxylation is 2. The van der Waals surface area contributed by atoms with Crippen LogP contribution in [-0.4, -0.2) is 43.2 Å². The molecule has 0 aliphatic carbocycles. The predicted molar refractivity (Wildman–Crippen MR) is 114 cm³/mol. The van der Waals surface area contributed by atoms with E-state index in [1.165, 1.54) is 22.5 Å². The molecule has 28 heavy (non-hydrogen) atoms. The fraction of sp³-hybridized carbons (Fsp3) is 0.474. The van der Waals surface area contributed by atoms with Gasteiger partial charge in [0.25, 0.3) is 5.91 Å². The summed E-state index contributed by atoms with van der Waals surface area (Å²) in [7, 11) is -3.73. The number of nitrogens with one attached hydrogen (secondary N) is 1. The number of carbonyl (C=O) groups excluding carboxylic acids is 1. The van der Waals surface area contributed by atoms with Crippen molar-refractivity contribution in [3.63, 3.8) is 0 Å². The molecule has 154 valence electrons. The molecule has 1 aromatic carbocycles. The molecule has 0 atom stereocenters. The minimum atomic E-state index is -3.73. The summed E-state index contributed by atoms with van der Waals surface area (Å²) in [4.78, 5) is 16.8. The highest BCUT2D eigenvalue weighted by atomic mass is 35.5. The van der Waals surface area contributed by atoms with Crippen LogP contribution in [0.25, 0.3) is 0 Å². The van der Waals surface area contributed by atoms with E-state index in [9.17, 15) is 13.2 Å². The molecule has 0 bridgehead atoms. The molecule has 0 aliphatic rings. The molecule has 6 nitrogen and oxygen atoms in total. The molecule has 0 fully saturated rings. The van der Waals surface area contributed by atoms with Gasteiger partial charge in [0.15, 0.2) is 0 Å². The van der Waals surface area contributed by atoms with Crippen molar-refractivity contribution >= 4 is 38.9 Å². The molecule has 0 saturated heterocycles. The van der Waals surface area contributed by atoms with Crippen LogP contribution in [0.4, 0.5) is 0 Å². The number of halogens is 1. The summed E-state index contributed by atoms with van der Waals surface area (Å²) < 4.78 is 26.8. The fourth-order valence-corrected chi connectivity index (χ4v) is 5.54. The molecule has 2 aromatic rings. The number of carbonyl (C=O) groups is 1. The van der Waals surface area contributed by atoms with E-state index in [-0.39, 0.29) is 21.4 Å². The Labute approximate surface area is 176 Å². The van der Waals surface area contributed by atoms with E-state index >= 15 is 0 Å². The Kier molecular flexibility index (Phi) is 8.42. The minimum absolute atomic E-state index is 0.0374. The van der Waals surface area contributed by atoms with Crippen molar-refractivity contribution in [1.82, 2.24) is 14.6 Å². The van der Waals surface area contributed by atoms with Gasteiger partial charge in [-0.3, -0.25) is 4.79 Å². The largest absolute Gasteiger partial charge is 0.352 e. The number of rotatable bonds is 10. The number of nitrogens with zero attached hydrogens (tertiary/aromatic N) is 2. The second kappa shape index (κ2) is 10.3.